The Labute approximate surface area is 231 Å². The summed E-state index contributed by atoms with van der Waals surface area (Å²) in [5.74, 6) is -0.980. The largest absolute Gasteiger partial charge is 0.352 e. The van der Waals surface area contributed by atoms with Gasteiger partial charge in [0.2, 0.25) is 21.8 Å². The van der Waals surface area contributed by atoms with Crippen LogP contribution in [0.3, 0.4) is 0 Å². The quantitative estimate of drug-likeness (QED) is 0.413. The third-order valence-corrected chi connectivity index (χ3v) is 8.50. The van der Waals surface area contributed by atoms with Gasteiger partial charge in [-0.2, -0.15) is 0 Å². The van der Waals surface area contributed by atoms with Crippen LogP contribution in [-0.4, -0.2) is 50.0 Å². The fourth-order valence-corrected chi connectivity index (χ4v) is 5.91. The second kappa shape index (κ2) is 12.2. The van der Waals surface area contributed by atoms with E-state index in [9.17, 15) is 18.0 Å². The summed E-state index contributed by atoms with van der Waals surface area (Å²) in [6.07, 6.45) is 4.76. The molecular formula is C24H27Cl4N3O4S. The van der Waals surface area contributed by atoms with E-state index >= 15 is 0 Å². The molecule has 7 nitrogen and oxygen atoms in total. The Bertz CT molecular complexity index is 1220. The summed E-state index contributed by atoms with van der Waals surface area (Å²) in [4.78, 5) is 28.0. The molecule has 0 spiro atoms. The normalized spacial score (nSPS) is 14.9. The molecule has 12 heteroatoms. The molecule has 1 N–H and O–H groups in total. The fourth-order valence-electron chi connectivity index (χ4n) is 4.10. The van der Waals surface area contributed by atoms with Gasteiger partial charge in [0.15, 0.2) is 0 Å². The number of amides is 2. The average Bonchev–Trinajstić information content (AvgIpc) is 3.31. The van der Waals surface area contributed by atoms with Crippen molar-refractivity contribution in [3.8, 4) is 0 Å². The first-order valence-corrected chi connectivity index (χ1v) is 14.7. The van der Waals surface area contributed by atoms with Gasteiger partial charge in [0.05, 0.1) is 17.0 Å². The van der Waals surface area contributed by atoms with Crippen LogP contribution in [0.4, 0.5) is 5.69 Å². The summed E-state index contributed by atoms with van der Waals surface area (Å²) in [5, 5.41) is 3.99. The second-order valence-corrected chi connectivity index (χ2v) is 12.3. The predicted molar refractivity (Wildman–Crippen MR) is 146 cm³/mol. The van der Waals surface area contributed by atoms with Crippen LogP contribution in [0.1, 0.15) is 38.2 Å². The number of hydrogen-bond donors (Lipinski definition) is 1. The third kappa shape index (κ3) is 7.19. The van der Waals surface area contributed by atoms with Crippen molar-refractivity contribution in [2.24, 2.45) is 0 Å². The number of halogens is 4. The van der Waals surface area contributed by atoms with Gasteiger partial charge in [-0.25, -0.2) is 8.42 Å². The first-order chi connectivity index (χ1) is 16.9. The summed E-state index contributed by atoms with van der Waals surface area (Å²) in [7, 11) is -3.95. The Morgan fingerprint density at radius 3 is 2.22 bits per heavy atom. The van der Waals surface area contributed by atoms with Crippen LogP contribution in [-0.2, 0) is 26.2 Å². The van der Waals surface area contributed by atoms with Gasteiger partial charge in [-0.1, -0.05) is 65.3 Å². The van der Waals surface area contributed by atoms with Gasteiger partial charge in [0.25, 0.3) is 0 Å². The Kier molecular flexibility index (Phi) is 9.80. The van der Waals surface area contributed by atoms with Crippen molar-refractivity contribution in [2.75, 3.05) is 17.1 Å². The lowest BCUT2D eigenvalue weighted by molar-refractivity contribution is -0.139. The molecule has 1 saturated carbocycles. The zero-order valence-electron chi connectivity index (χ0n) is 19.8. The monoisotopic (exact) mass is 593 g/mol. The van der Waals surface area contributed by atoms with Crippen LogP contribution in [0, 0.1) is 0 Å². The molecule has 1 fully saturated rings. The number of nitrogens with zero attached hydrogens (tertiary/aromatic N) is 2. The van der Waals surface area contributed by atoms with Crippen molar-refractivity contribution < 1.29 is 18.0 Å². The number of anilines is 1. The zero-order chi connectivity index (χ0) is 26.6. The van der Waals surface area contributed by atoms with Gasteiger partial charge in [-0.3, -0.25) is 13.9 Å². The summed E-state index contributed by atoms with van der Waals surface area (Å²) >= 11 is 25.0. The van der Waals surface area contributed by atoms with Gasteiger partial charge < -0.3 is 10.2 Å². The highest BCUT2D eigenvalue weighted by molar-refractivity contribution is 7.92. The zero-order valence-corrected chi connectivity index (χ0v) is 23.6. The molecular weight excluding hydrogens is 568 g/mol. The summed E-state index contributed by atoms with van der Waals surface area (Å²) in [6.45, 7) is 0.879. The lowest BCUT2D eigenvalue weighted by atomic mass is 10.1. The number of hydrogen-bond acceptors (Lipinski definition) is 4. The number of nitrogens with one attached hydrogen (secondary N) is 1. The Hall–Kier alpha value is -1.71. The standard InChI is InChI=1S/C24H27Cl4N3O4S/c1-15(24(33)29-17-6-3-4-7-17)30(13-18-19(26)8-5-9-20(18)27)23(32)14-31(36(2,34)35)22-12-16(25)10-11-21(22)28/h5,8-12,15,17H,3-4,6-7,13-14H2,1-2H3,(H,29,33)/t15-/m0/s1. The van der Waals surface area contributed by atoms with E-state index in [-0.39, 0.29) is 34.2 Å². The van der Waals surface area contributed by atoms with E-state index in [0.717, 1.165) is 36.2 Å². The maximum absolute atomic E-state index is 13.7. The molecule has 0 heterocycles. The summed E-state index contributed by atoms with van der Waals surface area (Å²) < 4.78 is 26.2. The minimum atomic E-state index is -3.95. The van der Waals surface area contributed by atoms with E-state index in [1.165, 1.54) is 23.1 Å². The van der Waals surface area contributed by atoms with Crippen molar-refractivity contribution in [2.45, 2.75) is 51.2 Å². The van der Waals surface area contributed by atoms with E-state index in [1.54, 1.807) is 25.1 Å². The number of rotatable bonds is 9. The Morgan fingerprint density at radius 2 is 1.64 bits per heavy atom. The molecule has 1 aliphatic rings. The number of carbonyl (C=O) groups is 2. The first-order valence-electron chi connectivity index (χ1n) is 11.3. The predicted octanol–water partition coefficient (Wildman–Crippen LogP) is 5.54. The molecule has 0 bridgehead atoms. The molecule has 196 valence electrons. The second-order valence-electron chi connectivity index (χ2n) is 8.75. The molecule has 2 amide bonds. The van der Waals surface area contributed by atoms with E-state index < -0.39 is 28.5 Å². The summed E-state index contributed by atoms with van der Waals surface area (Å²) in [6, 6.07) is 8.36. The first kappa shape index (κ1) is 28.9. The van der Waals surface area contributed by atoms with Gasteiger partial charge in [-0.15, -0.1) is 0 Å². The third-order valence-electron chi connectivity index (χ3n) is 6.12. The highest BCUT2D eigenvalue weighted by Crippen LogP contribution is 2.31. The van der Waals surface area contributed by atoms with Crippen molar-refractivity contribution in [1.82, 2.24) is 10.2 Å². The molecule has 0 aromatic heterocycles. The molecule has 0 radical (unpaired) electrons. The maximum Gasteiger partial charge on any atom is 0.244 e. The number of sulfonamides is 1. The van der Waals surface area contributed by atoms with E-state index in [4.69, 9.17) is 46.4 Å². The number of benzene rings is 2. The topological polar surface area (TPSA) is 86.8 Å². The Morgan fingerprint density at radius 1 is 1.03 bits per heavy atom. The molecule has 0 unspecified atom stereocenters. The minimum absolute atomic E-state index is 0.0404. The molecule has 0 aliphatic heterocycles. The molecule has 2 aromatic carbocycles. The fraction of sp³-hybridized carbons (Fsp3) is 0.417. The van der Waals surface area contributed by atoms with E-state index in [2.05, 4.69) is 5.32 Å². The van der Waals surface area contributed by atoms with E-state index in [0.29, 0.717) is 15.6 Å². The lowest BCUT2D eigenvalue weighted by Gasteiger charge is -2.32. The SMILES string of the molecule is C[C@@H](C(=O)NC1CCCC1)N(Cc1c(Cl)cccc1Cl)C(=O)CN(c1cc(Cl)ccc1Cl)S(C)(=O)=O. The Balaban J connectivity index is 1.96. The highest BCUT2D eigenvalue weighted by Gasteiger charge is 2.32. The van der Waals surface area contributed by atoms with Crippen molar-refractivity contribution in [1.29, 1.82) is 0 Å². The molecule has 36 heavy (non-hydrogen) atoms. The van der Waals surface area contributed by atoms with Crippen LogP contribution in [0.25, 0.3) is 0 Å². The highest BCUT2D eigenvalue weighted by atomic mass is 35.5. The van der Waals surface area contributed by atoms with E-state index in [1.807, 2.05) is 0 Å². The molecule has 3 rings (SSSR count). The van der Waals surface area contributed by atoms with Crippen molar-refractivity contribution in [3.63, 3.8) is 0 Å². The van der Waals surface area contributed by atoms with Crippen LogP contribution in [0.2, 0.25) is 20.1 Å². The molecule has 1 aliphatic carbocycles. The lowest BCUT2D eigenvalue weighted by Crippen LogP contribution is -2.52. The van der Waals surface area contributed by atoms with Crippen LogP contribution in [0.15, 0.2) is 36.4 Å². The summed E-state index contributed by atoms with van der Waals surface area (Å²) in [5.41, 5.74) is 0.500. The van der Waals surface area contributed by atoms with Crippen LogP contribution in [0.5, 0.6) is 0 Å². The average molecular weight is 595 g/mol. The van der Waals surface area contributed by atoms with Gasteiger partial charge in [-0.05, 0) is 50.1 Å². The minimum Gasteiger partial charge on any atom is -0.352 e. The number of carbonyl (C=O) groups excluding carboxylic acids is 2. The maximum atomic E-state index is 13.7. The van der Waals surface area contributed by atoms with Gasteiger partial charge >= 0.3 is 0 Å². The van der Waals surface area contributed by atoms with Gasteiger partial charge in [0.1, 0.15) is 12.6 Å². The van der Waals surface area contributed by atoms with Crippen LogP contribution < -0.4 is 9.62 Å². The van der Waals surface area contributed by atoms with Crippen LogP contribution >= 0.6 is 46.4 Å². The molecule has 0 saturated heterocycles. The van der Waals surface area contributed by atoms with Gasteiger partial charge in [0, 0.05) is 33.2 Å². The molecule has 2 aromatic rings. The van der Waals surface area contributed by atoms with Crippen molar-refractivity contribution >= 4 is 73.9 Å². The smallest absolute Gasteiger partial charge is 0.244 e. The molecule has 1 atom stereocenters. The van der Waals surface area contributed by atoms with Crippen molar-refractivity contribution in [3.05, 3.63) is 62.1 Å².